The number of amides is 3. The highest BCUT2D eigenvalue weighted by Gasteiger charge is 2.50. The summed E-state index contributed by atoms with van der Waals surface area (Å²) in [6.45, 7) is 5.32. The van der Waals surface area contributed by atoms with Crippen LogP contribution in [0, 0.1) is 17.8 Å². The molecular formula is C18H28F3N3O4. The quantitative estimate of drug-likeness (QED) is 0.627. The van der Waals surface area contributed by atoms with Gasteiger partial charge in [-0.05, 0) is 59.3 Å². The zero-order valence-corrected chi connectivity index (χ0v) is 16.3. The minimum atomic E-state index is -4.27. The van der Waals surface area contributed by atoms with E-state index in [4.69, 9.17) is 4.74 Å². The van der Waals surface area contributed by atoms with Crippen LogP contribution >= 0.6 is 0 Å². The average Bonchev–Trinajstić information content (AvgIpc) is 2.48. The molecule has 0 spiro atoms. The smallest absolute Gasteiger partial charge is 0.407 e. The van der Waals surface area contributed by atoms with Crippen LogP contribution in [-0.2, 0) is 14.3 Å². The summed E-state index contributed by atoms with van der Waals surface area (Å²) >= 11 is 0. The first-order valence-corrected chi connectivity index (χ1v) is 9.51. The maximum Gasteiger partial charge on any atom is 0.407 e. The predicted molar refractivity (Wildman–Crippen MR) is 93.7 cm³/mol. The number of alkyl carbamates (subject to hydrolysis) is 1. The van der Waals surface area contributed by atoms with Gasteiger partial charge in [0.15, 0.2) is 0 Å². The molecule has 7 nitrogen and oxygen atoms in total. The number of hydrazine groups is 1. The third-order valence-corrected chi connectivity index (χ3v) is 5.10. The van der Waals surface area contributed by atoms with Crippen LogP contribution in [0.5, 0.6) is 0 Å². The van der Waals surface area contributed by atoms with Crippen LogP contribution in [0.1, 0.15) is 59.3 Å². The second-order valence-electron chi connectivity index (χ2n) is 8.58. The fraction of sp³-hybridized carbons (Fsp3) is 0.833. The Balaban J connectivity index is 1.64. The summed E-state index contributed by atoms with van der Waals surface area (Å²) in [4.78, 5) is 35.7. The van der Waals surface area contributed by atoms with Gasteiger partial charge in [-0.1, -0.05) is 0 Å². The molecule has 2 fully saturated rings. The molecule has 0 atom stereocenters. The van der Waals surface area contributed by atoms with E-state index in [-0.39, 0.29) is 30.7 Å². The number of nitrogens with one attached hydrogen (secondary N) is 3. The summed E-state index contributed by atoms with van der Waals surface area (Å²) in [6, 6.07) is -0.0808. The molecule has 0 aromatic carbocycles. The highest BCUT2D eigenvalue weighted by atomic mass is 19.4. The SMILES string of the molecule is CC(C)(C)OC(=O)NC1CCC(C(=O)NNC(=O)C2CC(C(F)(F)F)C2)CC1. The molecule has 3 amide bonds. The molecule has 2 aliphatic rings. The normalized spacial score (nSPS) is 27.9. The molecular weight excluding hydrogens is 379 g/mol. The van der Waals surface area contributed by atoms with Gasteiger partial charge in [0.2, 0.25) is 11.8 Å². The molecule has 0 aliphatic heterocycles. The first-order valence-electron chi connectivity index (χ1n) is 9.51. The van der Waals surface area contributed by atoms with Crippen molar-refractivity contribution in [2.24, 2.45) is 17.8 Å². The van der Waals surface area contributed by atoms with Crippen LogP contribution in [-0.4, -0.2) is 35.7 Å². The van der Waals surface area contributed by atoms with Crippen molar-refractivity contribution in [1.29, 1.82) is 0 Å². The highest BCUT2D eigenvalue weighted by molar-refractivity contribution is 5.85. The topological polar surface area (TPSA) is 96.5 Å². The van der Waals surface area contributed by atoms with Crippen LogP contribution < -0.4 is 16.2 Å². The van der Waals surface area contributed by atoms with Gasteiger partial charge in [-0.2, -0.15) is 13.2 Å². The van der Waals surface area contributed by atoms with Crippen molar-refractivity contribution in [3.8, 4) is 0 Å². The molecule has 2 saturated carbocycles. The second kappa shape index (κ2) is 8.57. The minimum Gasteiger partial charge on any atom is -0.444 e. The first-order chi connectivity index (χ1) is 12.8. The number of alkyl halides is 3. The van der Waals surface area contributed by atoms with E-state index in [2.05, 4.69) is 16.2 Å². The summed E-state index contributed by atoms with van der Waals surface area (Å²) in [5, 5.41) is 2.78. The van der Waals surface area contributed by atoms with E-state index in [1.165, 1.54) is 0 Å². The third kappa shape index (κ3) is 6.56. The van der Waals surface area contributed by atoms with Crippen molar-refractivity contribution in [2.45, 2.75) is 77.1 Å². The second-order valence-corrected chi connectivity index (χ2v) is 8.58. The van der Waals surface area contributed by atoms with E-state index in [0.717, 1.165) is 0 Å². The summed E-state index contributed by atoms with van der Waals surface area (Å²) in [5.74, 6) is -3.43. The zero-order valence-electron chi connectivity index (χ0n) is 16.3. The molecule has 0 unspecified atom stereocenters. The van der Waals surface area contributed by atoms with Gasteiger partial charge < -0.3 is 10.1 Å². The Kier molecular flexibility index (Phi) is 6.82. The lowest BCUT2D eigenvalue weighted by molar-refractivity contribution is -0.204. The minimum absolute atomic E-state index is 0.0808. The maximum atomic E-state index is 12.5. The molecule has 10 heteroatoms. The van der Waals surface area contributed by atoms with Crippen LogP contribution in [0.15, 0.2) is 0 Å². The Morgan fingerprint density at radius 2 is 1.36 bits per heavy atom. The summed E-state index contributed by atoms with van der Waals surface area (Å²) < 4.78 is 42.6. The van der Waals surface area contributed by atoms with Crippen molar-refractivity contribution < 1.29 is 32.3 Å². The van der Waals surface area contributed by atoms with Crippen LogP contribution in [0.4, 0.5) is 18.0 Å². The average molecular weight is 407 g/mol. The van der Waals surface area contributed by atoms with Gasteiger partial charge in [-0.15, -0.1) is 0 Å². The van der Waals surface area contributed by atoms with Gasteiger partial charge in [0.25, 0.3) is 0 Å². The van der Waals surface area contributed by atoms with Gasteiger partial charge in [0.1, 0.15) is 5.60 Å². The molecule has 2 rings (SSSR count). The predicted octanol–water partition coefficient (Wildman–Crippen LogP) is 2.81. The van der Waals surface area contributed by atoms with E-state index in [9.17, 15) is 27.6 Å². The monoisotopic (exact) mass is 407 g/mol. The van der Waals surface area contributed by atoms with E-state index in [0.29, 0.717) is 25.7 Å². The molecule has 0 bridgehead atoms. The fourth-order valence-electron chi connectivity index (χ4n) is 3.40. The summed E-state index contributed by atoms with van der Waals surface area (Å²) in [6.07, 6.45) is -3.00. The van der Waals surface area contributed by atoms with Crippen LogP contribution in [0.3, 0.4) is 0 Å². The zero-order chi connectivity index (χ0) is 21.1. The molecule has 160 valence electrons. The molecule has 28 heavy (non-hydrogen) atoms. The number of hydrogen-bond acceptors (Lipinski definition) is 4. The van der Waals surface area contributed by atoms with E-state index in [1.807, 2.05) is 0 Å². The molecule has 0 saturated heterocycles. The molecule has 0 aromatic heterocycles. The van der Waals surface area contributed by atoms with E-state index in [1.54, 1.807) is 20.8 Å². The van der Waals surface area contributed by atoms with E-state index >= 15 is 0 Å². The van der Waals surface area contributed by atoms with Gasteiger partial charge in [0, 0.05) is 17.9 Å². The Labute approximate surface area is 162 Å². The Morgan fingerprint density at radius 1 is 0.857 bits per heavy atom. The van der Waals surface area contributed by atoms with Gasteiger partial charge in [-0.3, -0.25) is 20.4 Å². The van der Waals surface area contributed by atoms with Gasteiger partial charge in [0.05, 0.1) is 5.92 Å². The molecule has 0 radical (unpaired) electrons. The van der Waals surface area contributed by atoms with Crippen LogP contribution in [0.25, 0.3) is 0 Å². The standard InChI is InChI=1S/C18H28F3N3O4/c1-17(2,3)28-16(27)22-13-6-4-10(5-7-13)14(25)23-24-15(26)11-8-12(9-11)18(19,20)21/h10-13H,4-9H2,1-3H3,(H,22,27)(H,23,25)(H,24,26). The van der Waals surface area contributed by atoms with Crippen molar-refractivity contribution in [1.82, 2.24) is 16.2 Å². The lowest BCUT2D eigenvalue weighted by Gasteiger charge is -2.35. The number of hydrogen-bond donors (Lipinski definition) is 3. The number of ether oxygens (including phenoxy) is 1. The first kappa shape index (κ1) is 22.3. The Morgan fingerprint density at radius 3 is 1.82 bits per heavy atom. The lowest BCUT2D eigenvalue weighted by Crippen LogP contribution is -2.51. The fourth-order valence-corrected chi connectivity index (χ4v) is 3.40. The molecule has 0 heterocycles. The molecule has 2 aliphatic carbocycles. The third-order valence-electron chi connectivity index (χ3n) is 5.10. The van der Waals surface area contributed by atoms with Crippen molar-refractivity contribution in [2.75, 3.05) is 0 Å². The summed E-state index contributed by atoms with van der Waals surface area (Å²) in [7, 11) is 0. The van der Waals surface area contributed by atoms with Crippen molar-refractivity contribution >= 4 is 17.9 Å². The maximum absolute atomic E-state index is 12.5. The number of halogens is 3. The Hall–Kier alpha value is -2.00. The van der Waals surface area contributed by atoms with Crippen LogP contribution in [0.2, 0.25) is 0 Å². The number of carbonyl (C=O) groups is 3. The molecule has 0 aromatic rings. The lowest BCUT2D eigenvalue weighted by atomic mass is 9.74. The highest BCUT2D eigenvalue weighted by Crippen LogP contribution is 2.44. The summed E-state index contributed by atoms with van der Waals surface area (Å²) in [5.41, 5.74) is 3.95. The largest absolute Gasteiger partial charge is 0.444 e. The van der Waals surface area contributed by atoms with Gasteiger partial charge >= 0.3 is 12.3 Å². The molecule has 3 N–H and O–H groups in total. The van der Waals surface area contributed by atoms with Crippen molar-refractivity contribution in [3.05, 3.63) is 0 Å². The van der Waals surface area contributed by atoms with Gasteiger partial charge in [-0.25, -0.2) is 4.79 Å². The number of rotatable bonds is 3. The van der Waals surface area contributed by atoms with E-state index < -0.39 is 35.6 Å². The Bertz CT molecular complexity index is 590. The van der Waals surface area contributed by atoms with Crippen molar-refractivity contribution in [3.63, 3.8) is 0 Å². The number of carbonyl (C=O) groups excluding carboxylic acids is 3.